The average Bonchev–Trinajstić information content (AvgIpc) is 3.27. The Kier molecular flexibility index (Phi) is 7.28. The van der Waals surface area contributed by atoms with Gasteiger partial charge in [-0.05, 0) is 62.0 Å². The third-order valence-corrected chi connectivity index (χ3v) is 4.38. The average molecular weight is 349 g/mol. The maximum atomic E-state index is 11.9. The van der Waals surface area contributed by atoms with E-state index in [2.05, 4.69) is 40.0 Å². The number of aromatic nitrogens is 2. The number of benzene rings is 1. The van der Waals surface area contributed by atoms with E-state index in [-0.39, 0.29) is 18.3 Å². The number of rotatable bonds is 7. The van der Waals surface area contributed by atoms with E-state index in [1.165, 1.54) is 12.0 Å². The molecule has 1 saturated heterocycles. The lowest BCUT2D eigenvalue weighted by Crippen LogP contribution is -2.26. The number of halogens is 1. The first kappa shape index (κ1) is 18.5. The zero-order chi connectivity index (χ0) is 15.9. The standard InChI is InChI=1S/C18H24N4O.ClH/c23-18(7-4-16-8-11-19-14-16)20-12-9-15-2-5-17(6-3-15)22-13-1-10-21-22;/h1-3,5-6,10,13,16,19H,4,7-9,11-12,14H2,(H,20,23);1H. The van der Waals surface area contributed by atoms with E-state index in [1.54, 1.807) is 6.20 Å². The van der Waals surface area contributed by atoms with Crippen molar-refractivity contribution < 1.29 is 4.79 Å². The summed E-state index contributed by atoms with van der Waals surface area (Å²) in [4.78, 5) is 11.9. The molecule has 1 fully saturated rings. The fourth-order valence-electron chi connectivity index (χ4n) is 2.97. The first-order chi connectivity index (χ1) is 11.3. The SMILES string of the molecule is Cl.O=C(CCC1CCNC1)NCCc1ccc(-n2cccn2)cc1. The first-order valence-corrected chi connectivity index (χ1v) is 8.37. The Bertz CT molecular complexity index is 606. The zero-order valence-corrected chi connectivity index (χ0v) is 14.6. The van der Waals surface area contributed by atoms with Crippen molar-refractivity contribution in [3.63, 3.8) is 0 Å². The second-order valence-corrected chi connectivity index (χ2v) is 6.11. The van der Waals surface area contributed by atoms with E-state index >= 15 is 0 Å². The van der Waals surface area contributed by atoms with E-state index in [4.69, 9.17) is 0 Å². The van der Waals surface area contributed by atoms with Crippen molar-refractivity contribution in [1.29, 1.82) is 0 Å². The van der Waals surface area contributed by atoms with Crippen LogP contribution in [0.5, 0.6) is 0 Å². The van der Waals surface area contributed by atoms with Gasteiger partial charge in [0.15, 0.2) is 0 Å². The molecule has 1 atom stereocenters. The lowest BCUT2D eigenvalue weighted by atomic mass is 10.0. The first-order valence-electron chi connectivity index (χ1n) is 8.37. The normalized spacial score (nSPS) is 16.6. The minimum absolute atomic E-state index is 0. The van der Waals surface area contributed by atoms with Crippen LogP contribution in [0.25, 0.3) is 5.69 Å². The molecule has 2 aromatic rings. The van der Waals surface area contributed by atoms with Gasteiger partial charge in [-0.1, -0.05) is 12.1 Å². The van der Waals surface area contributed by atoms with Gasteiger partial charge in [-0.25, -0.2) is 4.68 Å². The molecule has 5 nitrogen and oxygen atoms in total. The molecule has 6 heteroatoms. The van der Waals surface area contributed by atoms with Gasteiger partial charge in [0.05, 0.1) is 5.69 Å². The molecule has 2 N–H and O–H groups in total. The molecule has 3 rings (SSSR count). The van der Waals surface area contributed by atoms with Crippen molar-refractivity contribution in [3.05, 3.63) is 48.3 Å². The topological polar surface area (TPSA) is 59.0 Å². The highest BCUT2D eigenvalue weighted by molar-refractivity contribution is 5.85. The highest BCUT2D eigenvalue weighted by Gasteiger charge is 2.15. The molecule has 1 aliphatic rings. The van der Waals surface area contributed by atoms with Crippen molar-refractivity contribution in [2.24, 2.45) is 5.92 Å². The van der Waals surface area contributed by atoms with Gasteiger partial charge >= 0.3 is 0 Å². The van der Waals surface area contributed by atoms with Gasteiger partial charge < -0.3 is 10.6 Å². The molecule has 24 heavy (non-hydrogen) atoms. The second kappa shape index (κ2) is 9.45. The summed E-state index contributed by atoms with van der Waals surface area (Å²) in [7, 11) is 0. The number of nitrogens with zero attached hydrogens (tertiary/aromatic N) is 2. The summed E-state index contributed by atoms with van der Waals surface area (Å²) in [5, 5.41) is 10.6. The minimum atomic E-state index is 0. The van der Waals surface area contributed by atoms with Crippen LogP contribution >= 0.6 is 12.4 Å². The van der Waals surface area contributed by atoms with Crippen molar-refractivity contribution in [3.8, 4) is 5.69 Å². The van der Waals surface area contributed by atoms with E-state index in [9.17, 15) is 4.79 Å². The molecule has 0 aliphatic carbocycles. The Morgan fingerprint density at radius 2 is 2.17 bits per heavy atom. The molecule has 0 spiro atoms. The molecule has 0 saturated carbocycles. The number of hydrogen-bond donors (Lipinski definition) is 2. The number of carbonyl (C=O) groups is 1. The van der Waals surface area contributed by atoms with Gasteiger partial charge in [-0.3, -0.25) is 4.79 Å². The Labute approximate surface area is 149 Å². The van der Waals surface area contributed by atoms with Crippen LogP contribution in [0.15, 0.2) is 42.7 Å². The van der Waals surface area contributed by atoms with Gasteiger partial charge in [0.2, 0.25) is 5.91 Å². The molecule has 2 heterocycles. The molecule has 0 bridgehead atoms. The van der Waals surface area contributed by atoms with Crippen molar-refractivity contribution in [2.75, 3.05) is 19.6 Å². The molecule has 1 unspecified atom stereocenters. The van der Waals surface area contributed by atoms with Gasteiger partial charge in [-0.15, -0.1) is 12.4 Å². The predicted octanol–water partition coefficient (Wildman–Crippen LogP) is 2.34. The monoisotopic (exact) mass is 348 g/mol. The third kappa shape index (κ3) is 5.35. The van der Waals surface area contributed by atoms with Crippen LogP contribution in [-0.2, 0) is 11.2 Å². The Morgan fingerprint density at radius 1 is 1.33 bits per heavy atom. The van der Waals surface area contributed by atoms with Crippen LogP contribution < -0.4 is 10.6 Å². The highest BCUT2D eigenvalue weighted by Crippen LogP contribution is 2.14. The summed E-state index contributed by atoms with van der Waals surface area (Å²) in [5.41, 5.74) is 2.27. The molecule has 0 radical (unpaired) electrons. The lowest BCUT2D eigenvalue weighted by Gasteiger charge is -2.09. The number of hydrogen-bond acceptors (Lipinski definition) is 3. The summed E-state index contributed by atoms with van der Waals surface area (Å²) in [5.74, 6) is 0.848. The van der Waals surface area contributed by atoms with E-state index < -0.39 is 0 Å². The van der Waals surface area contributed by atoms with Crippen molar-refractivity contribution >= 4 is 18.3 Å². The van der Waals surface area contributed by atoms with Gasteiger partial charge in [0, 0.05) is 25.4 Å². The Balaban J connectivity index is 0.00000208. The van der Waals surface area contributed by atoms with Gasteiger partial charge in [0.1, 0.15) is 0 Å². The molecular formula is C18H25ClN4O. The summed E-state index contributed by atoms with van der Waals surface area (Å²) in [6.07, 6.45) is 7.40. The number of amides is 1. The second-order valence-electron chi connectivity index (χ2n) is 6.11. The van der Waals surface area contributed by atoms with Gasteiger partial charge in [0.25, 0.3) is 0 Å². The molecule has 1 amide bonds. The summed E-state index contributed by atoms with van der Waals surface area (Å²) in [6.45, 7) is 2.86. The minimum Gasteiger partial charge on any atom is -0.356 e. The predicted molar refractivity (Wildman–Crippen MR) is 97.7 cm³/mol. The van der Waals surface area contributed by atoms with Crippen LogP contribution in [0.2, 0.25) is 0 Å². The lowest BCUT2D eigenvalue weighted by molar-refractivity contribution is -0.121. The summed E-state index contributed by atoms with van der Waals surface area (Å²) >= 11 is 0. The summed E-state index contributed by atoms with van der Waals surface area (Å²) in [6, 6.07) is 10.2. The molecule has 1 aromatic heterocycles. The molecule has 1 aliphatic heterocycles. The maximum Gasteiger partial charge on any atom is 0.220 e. The van der Waals surface area contributed by atoms with E-state index in [0.29, 0.717) is 18.9 Å². The smallest absolute Gasteiger partial charge is 0.220 e. The van der Waals surface area contributed by atoms with Crippen LogP contribution in [0.1, 0.15) is 24.8 Å². The van der Waals surface area contributed by atoms with Crippen LogP contribution in [0, 0.1) is 5.92 Å². The van der Waals surface area contributed by atoms with Crippen LogP contribution in [-0.4, -0.2) is 35.3 Å². The zero-order valence-electron chi connectivity index (χ0n) is 13.8. The molecule has 1 aromatic carbocycles. The van der Waals surface area contributed by atoms with E-state index in [1.807, 2.05) is 16.9 Å². The summed E-state index contributed by atoms with van der Waals surface area (Å²) < 4.78 is 1.84. The number of nitrogens with one attached hydrogen (secondary N) is 2. The largest absolute Gasteiger partial charge is 0.356 e. The van der Waals surface area contributed by atoms with Crippen molar-refractivity contribution in [2.45, 2.75) is 25.7 Å². The van der Waals surface area contributed by atoms with Crippen LogP contribution in [0.3, 0.4) is 0 Å². The quantitative estimate of drug-likeness (QED) is 0.807. The fourth-order valence-corrected chi connectivity index (χ4v) is 2.97. The van der Waals surface area contributed by atoms with Gasteiger partial charge in [-0.2, -0.15) is 5.10 Å². The number of carbonyl (C=O) groups excluding carboxylic acids is 1. The van der Waals surface area contributed by atoms with Crippen LogP contribution in [0.4, 0.5) is 0 Å². The third-order valence-electron chi connectivity index (χ3n) is 4.38. The Hall–Kier alpha value is -1.85. The molecule has 130 valence electrons. The van der Waals surface area contributed by atoms with E-state index in [0.717, 1.165) is 31.6 Å². The highest BCUT2D eigenvalue weighted by atomic mass is 35.5. The maximum absolute atomic E-state index is 11.9. The molecular weight excluding hydrogens is 324 g/mol. The fraction of sp³-hybridized carbons (Fsp3) is 0.444. The van der Waals surface area contributed by atoms with Crippen molar-refractivity contribution in [1.82, 2.24) is 20.4 Å². The Morgan fingerprint density at radius 3 is 2.83 bits per heavy atom.